The molecule has 0 spiro atoms. The van der Waals surface area contributed by atoms with Gasteiger partial charge in [0.2, 0.25) is 0 Å². The predicted octanol–water partition coefficient (Wildman–Crippen LogP) is 3.58. The summed E-state index contributed by atoms with van der Waals surface area (Å²) in [6.45, 7) is 3.68. The van der Waals surface area contributed by atoms with Crippen molar-refractivity contribution in [2.45, 2.75) is 13.8 Å². The first-order chi connectivity index (χ1) is 10.9. The SMILES string of the molecule is CC(C)COC(=O)CN1C(=O)S/C(=C/c2ccccc2Cl)C1=O. The van der Waals surface area contributed by atoms with E-state index in [2.05, 4.69) is 0 Å². The number of carbonyl (C=O) groups is 3. The molecule has 1 heterocycles. The number of carbonyl (C=O) groups excluding carboxylic acids is 3. The Bertz CT molecular complexity index is 672. The lowest BCUT2D eigenvalue weighted by Gasteiger charge is -2.12. The van der Waals surface area contributed by atoms with Crippen LogP contribution >= 0.6 is 23.4 Å². The zero-order chi connectivity index (χ0) is 17.0. The highest BCUT2D eigenvalue weighted by Gasteiger charge is 2.36. The van der Waals surface area contributed by atoms with E-state index < -0.39 is 17.1 Å². The minimum absolute atomic E-state index is 0.189. The number of benzene rings is 1. The van der Waals surface area contributed by atoms with Gasteiger partial charge in [-0.15, -0.1) is 0 Å². The summed E-state index contributed by atoms with van der Waals surface area (Å²) in [4.78, 5) is 37.0. The number of rotatable bonds is 5. The van der Waals surface area contributed by atoms with Gasteiger partial charge in [0, 0.05) is 5.02 Å². The van der Waals surface area contributed by atoms with Crippen LogP contribution in [0, 0.1) is 5.92 Å². The van der Waals surface area contributed by atoms with Crippen LogP contribution in [0.4, 0.5) is 4.79 Å². The lowest BCUT2D eigenvalue weighted by molar-refractivity contribution is -0.147. The van der Waals surface area contributed by atoms with Crippen molar-refractivity contribution in [3.8, 4) is 0 Å². The molecule has 0 bridgehead atoms. The Kier molecular flexibility index (Phi) is 5.85. The molecule has 1 saturated heterocycles. The van der Waals surface area contributed by atoms with Gasteiger partial charge in [-0.25, -0.2) is 0 Å². The molecule has 0 saturated carbocycles. The number of imide groups is 1. The fourth-order valence-corrected chi connectivity index (χ4v) is 2.82. The van der Waals surface area contributed by atoms with E-state index in [1.54, 1.807) is 30.3 Å². The van der Waals surface area contributed by atoms with Gasteiger partial charge in [0.05, 0.1) is 11.5 Å². The van der Waals surface area contributed by atoms with E-state index in [9.17, 15) is 14.4 Å². The van der Waals surface area contributed by atoms with Gasteiger partial charge in [-0.3, -0.25) is 19.3 Å². The number of amides is 2. The zero-order valence-corrected chi connectivity index (χ0v) is 14.3. The second kappa shape index (κ2) is 7.66. The largest absolute Gasteiger partial charge is 0.464 e. The van der Waals surface area contributed by atoms with Gasteiger partial charge in [0.15, 0.2) is 0 Å². The summed E-state index contributed by atoms with van der Waals surface area (Å²) in [5.41, 5.74) is 0.641. The minimum atomic E-state index is -0.597. The number of ether oxygens (including phenoxy) is 1. The first kappa shape index (κ1) is 17.6. The molecule has 0 aromatic heterocycles. The number of halogens is 1. The van der Waals surface area contributed by atoms with E-state index in [-0.39, 0.29) is 24.0 Å². The smallest absolute Gasteiger partial charge is 0.326 e. The predicted molar refractivity (Wildman–Crippen MR) is 89.9 cm³/mol. The summed E-state index contributed by atoms with van der Waals surface area (Å²) in [6, 6.07) is 7.00. The van der Waals surface area contributed by atoms with Crippen LogP contribution in [0.1, 0.15) is 19.4 Å². The van der Waals surface area contributed by atoms with Crippen LogP contribution in [0.2, 0.25) is 5.02 Å². The van der Waals surface area contributed by atoms with Gasteiger partial charge in [-0.1, -0.05) is 43.6 Å². The molecule has 0 aliphatic carbocycles. The standard InChI is InChI=1S/C16H16ClNO4S/c1-10(2)9-22-14(19)8-18-15(20)13(23-16(18)21)7-11-5-3-4-6-12(11)17/h3-7,10H,8-9H2,1-2H3/b13-7+. The van der Waals surface area contributed by atoms with Crippen LogP contribution < -0.4 is 0 Å². The van der Waals surface area contributed by atoms with E-state index >= 15 is 0 Å². The van der Waals surface area contributed by atoms with Crippen molar-refractivity contribution in [1.29, 1.82) is 0 Å². The molecule has 0 atom stereocenters. The summed E-state index contributed by atoms with van der Waals surface area (Å²) >= 11 is 6.82. The Morgan fingerprint density at radius 1 is 1.35 bits per heavy atom. The van der Waals surface area contributed by atoms with Crippen LogP contribution in [0.5, 0.6) is 0 Å². The molecule has 2 amide bonds. The molecule has 1 fully saturated rings. The second-order valence-corrected chi connectivity index (χ2v) is 6.77. The Labute approximate surface area is 143 Å². The summed E-state index contributed by atoms with van der Waals surface area (Å²) in [6.07, 6.45) is 1.55. The summed E-state index contributed by atoms with van der Waals surface area (Å²) in [7, 11) is 0. The molecular weight excluding hydrogens is 338 g/mol. The van der Waals surface area contributed by atoms with E-state index in [0.717, 1.165) is 16.7 Å². The molecule has 1 aromatic carbocycles. The molecule has 1 aromatic rings. The number of hydrogen-bond acceptors (Lipinski definition) is 5. The lowest BCUT2D eigenvalue weighted by atomic mass is 10.2. The Morgan fingerprint density at radius 2 is 2.04 bits per heavy atom. The number of thioether (sulfide) groups is 1. The fraction of sp³-hybridized carbons (Fsp3) is 0.312. The van der Waals surface area contributed by atoms with Crippen LogP contribution in [0.3, 0.4) is 0 Å². The highest BCUT2D eigenvalue weighted by Crippen LogP contribution is 2.33. The number of nitrogens with zero attached hydrogens (tertiary/aromatic N) is 1. The van der Waals surface area contributed by atoms with Crippen LogP contribution in [-0.4, -0.2) is 35.2 Å². The molecule has 1 aliphatic heterocycles. The topological polar surface area (TPSA) is 63.7 Å². The number of esters is 1. The lowest BCUT2D eigenvalue weighted by Crippen LogP contribution is -2.34. The van der Waals surface area contributed by atoms with Crippen molar-refractivity contribution in [3.63, 3.8) is 0 Å². The Morgan fingerprint density at radius 3 is 2.70 bits per heavy atom. The van der Waals surface area contributed by atoms with Gasteiger partial charge in [-0.2, -0.15) is 0 Å². The second-order valence-electron chi connectivity index (χ2n) is 5.37. The van der Waals surface area contributed by atoms with Crippen molar-refractivity contribution >= 4 is 46.6 Å². The van der Waals surface area contributed by atoms with E-state index in [1.165, 1.54) is 0 Å². The fourth-order valence-electron chi connectivity index (χ4n) is 1.80. The summed E-state index contributed by atoms with van der Waals surface area (Å²) in [5, 5.41) is -0.00885. The number of hydrogen-bond donors (Lipinski definition) is 0. The third-order valence-electron chi connectivity index (χ3n) is 2.93. The van der Waals surface area contributed by atoms with Crippen molar-refractivity contribution in [2.75, 3.05) is 13.2 Å². The molecule has 7 heteroatoms. The van der Waals surface area contributed by atoms with Gasteiger partial charge in [0.25, 0.3) is 11.1 Å². The molecule has 0 N–H and O–H groups in total. The third kappa shape index (κ3) is 4.59. The summed E-state index contributed by atoms with van der Waals surface area (Å²) < 4.78 is 5.00. The van der Waals surface area contributed by atoms with Crippen LogP contribution in [0.15, 0.2) is 29.2 Å². The molecule has 0 radical (unpaired) electrons. The molecule has 23 heavy (non-hydrogen) atoms. The zero-order valence-electron chi connectivity index (χ0n) is 12.7. The van der Waals surface area contributed by atoms with Crippen LogP contribution in [0.25, 0.3) is 6.08 Å². The van der Waals surface area contributed by atoms with Crippen molar-refractivity contribution < 1.29 is 19.1 Å². The molecule has 1 aliphatic rings. The normalized spacial score (nSPS) is 16.5. The van der Waals surface area contributed by atoms with Crippen molar-refractivity contribution in [2.24, 2.45) is 5.92 Å². The van der Waals surface area contributed by atoms with Gasteiger partial charge in [-0.05, 0) is 35.4 Å². The molecule has 2 rings (SSSR count). The summed E-state index contributed by atoms with van der Waals surface area (Å²) in [5.74, 6) is -0.921. The van der Waals surface area contributed by atoms with Crippen LogP contribution in [-0.2, 0) is 14.3 Å². The maximum Gasteiger partial charge on any atom is 0.326 e. The van der Waals surface area contributed by atoms with E-state index in [4.69, 9.17) is 16.3 Å². The molecular formula is C16H16ClNO4S. The molecule has 122 valence electrons. The van der Waals surface area contributed by atoms with Gasteiger partial charge < -0.3 is 4.74 Å². The monoisotopic (exact) mass is 353 g/mol. The first-order valence-corrected chi connectivity index (χ1v) is 8.23. The average molecular weight is 354 g/mol. The molecule has 0 unspecified atom stereocenters. The first-order valence-electron chi connectivity index (χ1n) is 7.04. The average Bonchev–Trinajstić information content (AvgIpc) is 2.75. The highest BCUT2D eigenvalue weighted by molar-refractivity contribution is 8.18. The van der Waals surface area contributed by atoms with Gasteiger partial charge >= 0.3 is 5.97 Å². The Hall–Kier alpha value is -1.79. The minimum Gasteiger partial charge on any atom is -0.464 e. The van der Waals surface area contributed by atoms with Crippen molar-refractivity contribution in [3.05, 3.63) is 39.8 Å². The highest BCUT2D eigenvalue weighted by atomic mass is 35.5. The molecule has 5 nitrogen and oxygen atoms in total. The van der Waals surface area contributed by atoms with Gasteiger partial charge in [0.1, 0.15) is 6.54 Å². The van der Waals surface area contributed by atoms with Crippen molar-refractivity contribution in [1.82, 2.24) is 4.90 Å². The maximum atomic E-state index is 12.3. The maximum absolute atomic E-state index is 12.3. The quantitative estimate of drug-likeness (QED) is 0.598. The van der Waals surface area contributed by atoms with E-state index in [0.29, 0.717) is 10.6 Å². The third-order valence-corrected chi connectivity index (χ3v) is 4.18. The van der Waals surface area contributed by atoms with E-state index in [1.807, 2.05) is 13.8 Å². The Balaban J connectivity index is 2.08.